The van der Waals surface area contributed by atoms with E-state index >= 15 is 0 Å². The Balaban J connectivity index is 4.26. The van der Waals surface area contributed by atoms with Crippen molar-refractivity contribution in [2.45, 2.75) is 71.4 Å². The van der Waals surface area contributed by atoms with E-state index in [1.807, 2.05) is 0 Å². The standard InChI is InChI=1S/C12H27NO/c1-5-8-12(7-3,10-11(4)13)14-9-6-2/h11H,5-10,13H2,1-4H3. The molecule has 0 amide bonds. The van der Waals surface area contributed by atoms with Crippen molar-refractivity contribution in [2.24, 2.45) is 5.73 Å². The Morgan fingerprint density at radius 2 is 1.86 bits per heavy atom. The van der Waals surface area contributed by atoms with Gasteiger partial charge >= 0.3 is 0 Å². The van der Waals surface area contributed by atoms with Crippen LogP contribution < -0.4 is 5.73 Å². The summed E-state index contributed by atoms with van der Waals surface area (Å²) < 4.78 is 6.00. The van der Waals surface area contributed by atoms with Crippen LogP contribution in [-0.2, 0) is 4.74 Å². The first-order chi connectivity index (χ1) is 6.60. The van der Waals surface area contributed by atoms with E-state index in [9.17, 15) is 0 Å². The third kappa shape index (κ3) is 4.97. The fourth-order valence-electron chi connectivity index (χ4n) is 2.02. The van der Waals surface area contributed by atoms with Gasteiger partial charge in [-0.2, -0.15) is 0 Å². The summed E-state index contributed by atoms with van der Waals surface area (Å²) in [6.45, 7) is 9.49. The van der Waals surface area contributed by atoms with Crippen LogP contribution in [0.3, 0.4) is 0 Å². The van der Waals surface area contributed by atoms with Crippen molar-refractivity contribution in [3.8, 4) is 0 Å². The Kier molecular flexibility index (Phi) is 7.20. The van der Waals surface area contributed by atoms with Crippen molar-refractivity contribution in [2.75, 3.05) is 6.61 Å². The molecule has 86 valence electrons. The highest BCUT2D eigenvalue weighted by atomic mass is 16.5. The van der Waals surface area contributed by atoms with Crippen molar-refractivity contribution < 1.29 is 4.74 Å². The molecule has 0 saturated heterocycles. The largest absolute Gasteiger partial charge is 0.375 e. The molecule has 2 N–H and O–H groups in total. The summed E-state index contributed by atoms with van der Waals surface area (Å²) in [4.78, 5) is 0. The maximum Gasteiger partial charge on any atom is 0.0694 e. The third-order valence-electron chi connectivity index (χ3n) is 2.66. The molecule has 14 heavy (non-hydrogen) atoms. The highest BCUT2D eigenvalue weighted by Crippen LogP contribution is 2.27. The molecule has 0 radical (unpaired) electrons. The second-order valence-electron chi connectivity index (χ2n) is 4.32. The molecule has 2 unspecified atom stereocenters. The zero-order valence-electron chi connectivity index (χ0n) is 10.3. The minimum Gasteiger partial charge on any atom is -0.375 e. The number of rotatable bonds is 8. The van der Waals surface area contributed by atoms with Gasteiger partial charge in [0.05, 0.1) is 5.60 Å². The van der Waals surface area contributed by atoms with Crippen LogP contribution in [0.5, 0.6) is 0 Å². The average Bonchev–Trinajstić information content (AvgIpc) is 2.14. The summed E-state index contributed by atoms with van der Waals surface area (Å²) in [6, 6.07) is 0.235. The molecule has 2 atom stereocenters. The summed E-state index contributed by atoms with van der Waals surface area (Å²) in [7, 11) is 0. The predicted molar refractivity (Wildman–Crippen MR) is 62.4 cm³/mol. The van der Waals surface area contributed by atoms with E-state index in [1.54, 1.807) is 0 Å². The molecule has 0 aliphatic carbocycles. The van der Waals surface area contributed by atoms with E-state index in [4.69, 9.17) is 10.5 Å². The monoisotopic (exact) mass is 201 g/mol. The molecule has 0 aromatic rings. The predicted octanol–water partition coefficient (Wildman–Crippen LogP) is 3.10. The van der Waals surface area contributed by atoms with E-state index in [1.165, 1.54) is 6.42 Å². The lowest BCUT2D eigenvalue weighted by Gasteiger charge is -2.34. The van der Waals surface area contributed by atoms with Gasteiger partial charge in [-0.15, -0.1) is 0 Å². The average molecular weight is 201 g/mol. The molecule has 0 fully saturated rings. The van der Waals surface area contributed by atoms with Crippen LogP contribution in [0.4, 0.5) is 0 Å². The summed E-state index contributed by atoms with van der Waals surface area (Å²) >= 11 is 0. The fraction of sp³-hybridized carbons (Fsp3) is 1.00. The Bertz CT molecular complexity index is 136. The topological polar surface area (TPSA) is 35.2 Å². The van der Waals surface area contributed by atoms with Gasteiger partial charge in [0.15, 0.2) is 0 Å². The molecule has 0 heterocycles. The van der Waals surface area contributed by atoms with Crippen LogP contribution in [0.1, 0.15) is 59.8 Å². The summed E-state index contributed by atoms with van der Waals surface area (Å²) in [5.41, 5.74) is 5.92. The van der Waals surface area contributed by atoms with Crippen LogP contribution in [0.15, 0.2) is 0 Å². The molecule has 0 aliphatic rings. The van der Waals surface area contributed by atoms with Crippen LogP contribution in [0.2, 0.25) is 0 Å². The number of ether oxygens (including phenoxy) is 1. The van der Waals surface area contributed by atoms with Gasteiger partial charge in [0, 0.05) is 12.6 Å². The minimum atomic E-state index is 0.0406. The SMILES string of the molecule is CCCOC(CC)(CCC)CC(C)N. The lowest BCUT2D eigenvalue weighted by atomic mass is 9.88. The summed E-state index contributed by atoms with van der Waals surface area (Å²) in [5, 5.41) is 0. The Labute approximate surface area is 89.2 Å². The van der Waals surface area contributed by atoms with Gasteiger partial charge in [-0.25, -0.2) is 0 Å². The molecule has 0 saturated carbocycles. The zero-order chi connectivity index (χ0) is 11.0. The first-order valence-electron chi connectivity index (χ1n) is 5.99. The molecule has 0 rings (SSSR count). The van der Waals surface area contributed by atoms with E-state index in [0.717, 1.165) is 32.3 Å². The first kappa shape index (κ1) is 13.9. The summed E-state index contributed by atoms with van der Waals surface area (Å²) in [5.74, 6) is 0. The van der Waals surface area contributed by atoms with Crippen molar-refractivity contribution in [3.05, 3.63) is 0 Å². The first-order valence-corrected chi connectivity index (χ1v) is 5.99. The summed E-state index contributed by atoms with van der Waals surface area (Å²) in [6.07, 6.45) is 5.44. The lowest BCUT2D eigenvalue weighted by molar-refractivity contribution is -0.0636. The molecule has 0 aromatic carbocycles. The van der Waals surface area contributed by atoms with Gasteiger partial charge in [-0.3, -0.25) is 0 Å². The number of hydrogen-bond acceptors (Lipinski definition) is 2. The molecule has 0 aliphatic heterocycles. The lowest BCUT2D eigenvalue weighted by Crippen LogP contribution is -2.38. The van der Waals surface area contributed by atoms with Gasteiger partial charge in [0.25, 0.3) is 0 Å². The molecule has 2 heteroatoms. The smallest absolute Gasteiger partial charge is 0.0694 e. The second kappa shape index (κ2) is 7.24. The number of hydrogen-bond donors (Lipinski definition) is 1. The molecular weight excluding hydrogens is 174 g/mol. The zero-order valence-corrected chi connectivity index (χ0v) is 10.3. The van der Waals surface area contributed by atoms with E-state index in [2.05, 4.69) is 27.7 Å². The molecule has 0 aromatic heterocycles. The van der Waals surface area contributed by atoms with Crippen molar-refractivity contribution in [1.29, 1.82) is 0 Å². The van der Waals surface area contributed by atoms with Crippen LogP contribution in [0, 0.1) is 0 Å². The quantitative estimate of drug-likeness (QED) is 0.655. The van der Waals surface area contributed by atoms with Gasteiger partial charge in [0.1, 0.15) is 0 Å². The molecule has 0 bridgehead atoms. The van der Waals surface area contributed by atoms with Gasteiger partial charge in [-0.1, -0.05) is 27.2 Å². The van der Waals surface area contributed by atoms with E-state index < -0.39 is 0 Å². The Hall–Kier alpha value is -0.0800. The minimum absolute atomic E-state index is 0.0406. The number of nitrogens with two attached hydrogens (primary N) is 1. The van der Waals surface area contributed by atoms with Gasteiger partial charge < -0.3 is 10.5 Å². The van der Waals surface area contributed by atoms with E-state index in [0.29, 0.717) is 0 Å². The Morgan fingerprint density at radius 3 is 2.21 bits per heavy atom. The van der Waals surface area contributed by atoms with Crippen LogP contribution >= 0.6 is 0 Å². The van der Waals surface area contributed by atoms with Crippen LogP contribution in [0.25, 0.3) is 0 Å². The van der Waals surface area contributed by atoms with Crippen molar-refractivity contribution >= 4 is 0 Å². The van der Waals surface area contributed by atoms with Crippen molar-refractivity contribution in [3.63, 3.8) is 0 Å². The highest BCUT2D eigenvalue weighted by molar-refractivity contribution is 4.82. The fourth-order valence-corrected chi connectivity index (χ4v) is 2.02. The maximum atomic E-state index is 6.00. The molecular formula is C12H27NO. The molecule has 0 spiro atoms. The maximum absolute atomic E-state index is 6.00. The Morgan fingerprint density at radius 1 is 1.21 bits per heavy atom. The van der Waals surface area contributed by atoms with E-state index in [-0.39, 0.29) is 11.6 Å². The van der Waals surface area contributed by atoms with Crippen molar-refractivity contribution in [1.82, 2.24) is 0 Å². The second-order valence-corrected chi connectivity index (χ2v) is 4.32. The van der Waals surface area contributed by atoms with Crippen LogP contribution in [-0.4, -0.2) is 18.2 Å². The normalized spacial score (nSPS) is 17.8. The third-order valence-corrected chi connectivity index (χ3v) is 2.66. The molecule has 2 nitrogen and oxygen atoms in total. The van der Waals surface area contributed by atoms with Gasteiger partial charge in [0.2, 0.25) is 0 Å². The van der Waals surface area contributed by atoms with Gasteiger partial charge in [-0.05, 0) is 32.6 Å². The highest BCUT2D eigenvalue weighted by Gasteiger charge is 2.28.